The van der Waals surface area contributed by atoms with E-state index < -0.39 is 24.8 Å². The molecule has 3 N–H and O–H groups in total. The Kier molecular flexibility index (Phi) is 10.1. The molecule has 6 rings (SSSR count). The summed E-state index contributed by atoms with van der Waals surface area (Å²) in [6.45, 7) is -1.45. The lowest BCUT2D eigenvalue weighted by Gasteiger charge is -2.26. The molecular weight excluding hydrogens is 679 g/mol. The lowest BCUT2D eigenvalue weighted by atomic mass is 9.80. The molecule has 0 bridgehead atoms. The molecule has 1 aliphatic rings. The number of carboxylic acid groups (broad SMARTS) is 1. The third-order valence-corrected chi connectivity index (χ3v) is 9.59. The van der Waals surface area contributed by atoms with E-state index in [2.05, 4.69) is 14.8 Å². The molecule has 0 radical (unpaired) electrons. The number of ether oxygens (including phenoxy) is 2. The van der Waals surface area contributed by atoms with Gasteiger partial charge in [-0.15, -0.1) is 0 Å². The number of para-hydroxylation sites is 1. The first kappa shape index (κ1) is 34.3. The molecule has 49 heavy (non-hydrogen) atoms. The molecule has 2 heterocycles. The van der Waals surface area contributed by atoms with Crippen LogP contribution in [0.25, 0.3) is 10.1 Å². The van der Waals surface area contributed by atoms with Crippen LogP contribution in [0.1, 0.15) is 47.2 Å². The molecule has 1 unspecified atom stereocenters. The molecule has 0 spiro atoms. The first-order valence-electron chi connectivity index (χ1n) is 15.7. The van der Waals surface area contributed by atoms with Crippen LogP contribution in [0.3, 0.4) is 0 Å². The number of aromatic nitrogens is 3. The van der Waals surface area contributed by atoms with E-state index in [-0.39, 0.29) is 24.6 Å². The van der Waals surface area contributed by atoms with Crippen molar-refractivity contribution in [1.82, 2.24) is 14.2 Å². The number of halogens is 4. The van der Waals surface area contributed by atoms with Gasteiger partial charge in [-0.2, -0.15) is 22.6 Å². The van der Waals surface area contributed by atoms with Gasteiger partial charge in [0.25, 0.3) is 0 Å². The third kappa shape index (κ3) is 8.00. The fourth-order valence-electron chi connectivity index (χ4n) is 5.89. The van der Waals surface area contributed by atoms with Crippen molar-refractivity contribution >= 4 is 50.6 Å². The van der Waals surface area contributed by atoms with Gasteiger partial charge >= 0.3 is 12.1 Å². The number of hydrogen-bond acceptors (Lipinski definition) is 8. The molecule has 1 fully saturated rings. The summed E-state index contributed by atoms with van der Waals surface area (Å²) in [5.74, 6) is -0.218. The van der Waals surface area contributed by atoms with Gasteiger partial charge in [0.05, 0.1) is 21.5 Å². The van der Waals surface area contributed by atoms with Crippen LogP contribution in [0.2, 0.25) is 5.02 Å². The van der Waals surface area contributed by atoms with E-state index in [1.54, 1.807) is 43.4 Å². The quantitative estimate of drug-likeness (QED) is 0.0994. The predicted molar refractivity (Wildman–Crippen MR) is 182 cm³/mol. The maximum absolute atomic E-state index is 13.0. The van der Waals surface area contributed by atoms with E-state index in [0.717, 1.165) is 51.7 Å². The number of fused-ring (bicyclic) bond motifs is 1. The molecule has 0 aliphatic heterocycles. The molecule has 256 valence electrons. The molecule has 0 amide bonds. The zero-order chi connectivity index (χ0) is 34.7. The molecule has 1 aliphatic carbocycles. The number of hydrogen-bond donors (Lipinski definition) is 3. The van der Waals surface area contributed by atoms with Gasteiger partial charge in [-0.05, 0) is 77.5 Å². The fraction of sp³-hybridized carbons (Fsp3) is 0.314. The summed E-state index contributed by atoms with van der Waals surface area (Å²) >= 11 is 7.38. The van der Waals surface area contributed by atoms with Crippen LogP contribution in [0.5, 0.6) is 11.6 Å². The van der Waals surface area contributed by atoms with Gasteiger partial charge in [0, 0.05) is 41.5 Å². The Morgan fingerprint density at radius 3 is 2.67 bits per heavy atom. The van der Waals surface area contributed by atoms with Crippen LogP contribution in [-0.2, 0) is 30.8 Å². The monoisotopic (exact) mass is 711 g/mol. The number of anilines is 1. The highest BCUT2D eigenvalue weighted by atomic mass is 35.5. The number of carboxylic acids is 1. The summed E-state index contributed by atoms with van der Waals surface area (Å²) in [6, 6.07) is 17.4. The minimum atomic E-state index is -4.45. The summed E-state index contributed by atoms with van der Waals surface area (Å²) in [6.07, 6.45) is -0.538. The van der Waals surface area contributed by atoms with Crippen LogP contribution in [0.15, 0.2) is 66.9 Å². The Labute approximate surface area is 289 Å². The summed E-state index contributed by atoms with van der Waals surface area (Å²) in [4.78, 5) is 12.6. The van der Waals surface area contributed by atoms with Crippen LogP contribution < -0.4 is 14.8 Å². The van der Waals surface area contributed by atoms with E-state index in [1.807, 2.05) is 18.2 Å². The molecule has 9 nitrogen and oxygen atoms in total. The van der Waals surface area contributed by atoms with Gasteiger partial charge in [0.15, 0.2) is 0 Å². The number of carbonyl (C=O) groups is 1. The summed E-state index contributed by atoms with van der Waals surface area (Å²) in [5, 5.41) is 27.5. The molecule has 2 aromatic heterocycles. The topological polar surface area (TPSA) is 122 Å². The minimum absolute atomic E-state index is 0.0869. The lowest BCUT2D eigenvalue weighted by Crippen LogP contribution is -2.30. The van der Waals surface area contributed by atoms with Crippen LogP contribution >= 0.6 is 23.1 Å². The highest BCUT2D eigenvalue weighted by Gasteiger charge is 2.30. The standard InChI is InChI=1S/C35H33ClF3N5O4S/c1-41-27-17-24(36)9-10-26(27)32(40)23-14-22(13-20-5-4-6-20)31-30(16-23)49-43-33(31)48-29(34(45)46)15-21-7-2-3-8-28(21)47-18-25-11-12-42-44(25)19-35(37,38)39/h2-3,7-12,14,16-17,20,29,40-41H,4-6,13,15,18-19H2,1H3,(H,45,46). The molecule has 5 aromatic rings. The third-order valence-electron chi connectivity index (χ3n) is 8.58. The second kappa shape index (κ2) is 14.5. The number of alkyl halides is 3. The highest BCUT2D eigenvalue weighted by Crippen LogP contribution is 2.39. The normalized spacial score (nSPS) is 14.0. The second-order valence-electron chi connectivity index (χ2n) is 12.0. The Morgan fingerprint density at radius 1 is 1.16 bits per heavy atom. The summed E-state index contributed by atoms with van der Waals surface area (Å²) < 4.78 is 57.1. The van der Waals surface area contributed by atoms with Crippen molar-refractivity contribution in [3.63, 3.8) is 0 Å². The lowest BCUT2D eigenvalue weighted by molar-refractivity contribution is -0.145. The van der Waals surface area contributed by atoms with Crippen LogP contribution in [-0.4, -0.2) is 50.3 Å². The van der Waals surface area contributed by atoms with Gasteiger partial charge in [0.2, 0.25) is 12.0 Å². The number of nitrogens with one attached hydrogen (secondary N) is 2. The average molecular weight is 712 g/mol. The van der Waals surface area contributed by atoms with Crippen LogP contribution in [0.4, 0.5) is 18.9 Å². The minimum Gasteiger partial charge on any atom is -0.487 e. The molecule has 1 saturated carbocycles. The molecule has 14 heteroatoms. The van der Waals surface area contributed by atoms with E-state index in [0.29, 0.717) is 39.1 Å². The first-order valence-corrected chi connectivity index (χ1v) is 16.8. The van der Waals surface area contributed by atoms with E-state index in [9.17, 15) is 23.1 Å². The maximum atomic E-state index is 13.0. The van der Waals surface area contributed by atoms with Crippen molar-refractivity contribution in [2.24, 2.45) is 5.92 Å². The number of nitrogens with zero attached hydrogens (tertiary/aromatic N) is 3. The number of benzene rings is 3. The van der Waals surface area contributed by atoms with Crippen molar-refractivity contribution in [3.05, 3.63) is 99.8 Å². The number of rotatable bonds is 14. The number of aliphatic carboxylic acids is 1. The Bertz CT molecular complexity index is 1990. The van der Waals surface area contributed by atoms with Crippen molar-refractivity contribution < 1.29 is 32.5 Å². The Hall–Kier alpha value is -4.62. The average Bonchev–Trinajstić information content (AvgIpc) is 3.66. The molecule has 1 atom stereocenters. The molecule has 0 saturated heterocycles. The van der Waals surface area contributed by atoms with E-state index in [4.69, 9.17) is 26.5 Å². The van der Waals surface area contributed by atoms with Crippen molar-refractivity contribution in [2.75, 3.05) is 12.4 Å². The zero-order valence-corrected chi connectivity index (χ0v) is 28.0. The smallest absolute Gasteiger partial charge is 0.408 e. The second-order valence-corrected chi connectivity index (χ2v) is 13.2. The maximum Gasteiger partial charge on any atom is 0.408 e. The van der Waals surface area contributed by atoms with Crippen molar-refractivity contribution in [1.29, 1.82) is 5.41 Å². The summed E-state index contributed by atoms with van der Waals surface area (Å²) in [5.41, 5.74) is 4.10. The van der Waals surface area contributed by atoms with Gasteiger partial charge in [0.1, 0.15) is 18.9 Å². The SMILES string of the molecule is CNc1cc(Cl)ccc1C(=N)c1cc(CC2CCC2)c2c(OC(Cc3ccccc3OCc3ccnn3CC(F)(F)F)C(=O)O)nsc2c1. The summed E-state index contributed by atoms with van der Waals surface area (Å²) in [7, 11) is 1.78. The Balaban J connectivity index is 1.27. The zero-order valence-electron chi connectivity index (χ0n) is 26.4. The van der Waals surface area contributed by atoms with Crippen molar-refractivity contribution in [2.45, 2.75) is 57.5 Å². The van der Waals surface area contributed by atoms with Gasteiger partial charge in [-0.1, -0.05) is 49.1 Å². The molecule has 3 aromatic carbocycles. The van der Waals surface area contributed by atoms with Crippen LogP contribution in [0, 0.1) is 11.3 Å². The van der Waals surface area contributed by atoms with Gasteiger partial charge in [-0.3, -0.25) is 10.1 Å². The highest BCUT2D eigenvalue weighted by molar-refractivity contribution is 7.13. The largest absolute Gasteiger partial charge is 0.487 e. The van der Waals surface area contributed by atoms with E-state index in [1.165, 1.54) is 23.8 Å². The molecular formula is C35H33ClF3N5O4S. The van der Waals surface area contributed by atoms with Gasteiger partial charge < -0.3 is 19.9 Å². The van der Waals surface area contributed by atoms with Crippen molar-refractivity contribution in [3.8, 4) is 11.6 Å². The Morgan fingerprint density at radius 2 is 1.96 bits per heavy atom. The predicted octanol–water partition coefficient (Wildman–Crippen LogP) is 8.16. The van der Waals surface area contributed by atoms with E-state index >= 15 is 0 Å². The fourth-order valence-corrected chi connectivity index (χ4v) is 6.87. The van der Waals surface area contributed by atoms with Gasteiger partial charge in [-0.25, -0.2) is 4.79 Å². The first-order chi connectivity index (χ1) is 23.5.